The average molecular weight is 390 g/mol. The maximum Gasteiger partial charge on any atom is 0.411 e. The number of aryl methyl sites for hydroxylation is 4. The maximum absolute atomic E-state index is 14.0. The van der Waals surface area contributed by atoms with Gasteiger partial charge in [-0.25, -0.2) is 0 Å². The SMILES string of the molecule is CC.Cc1ccc(C(c2ccc(C)c(C)c2)(C(F)(F)F)C(F)(F)F)cc1C. The van der Waals surface area contributed by atoms with Gasteiger partial charge in [0.2, 0.25) is 5.41 Å². The summed E-state index contributed by atoms with van der Waals surface area (Å²) < 4.78 is 83.9. The van der Waals surface area contributed by atoms with Gasteiger partial charge >= 0.3 is 12.4 Å². The van der Waals surface area contributed by atoms with Crippen LogP contribution in [0.3, 0.4) is 0 Å². The summed E-state index contributed by atoms with van der Waals surface area (Å²) in [6.45, 7) is 10.3. The Morgan fingerprint density at radius 3 is 1.04 bits per heavy atom. The van der Waals surface area contributed by atoms with Gasteiger partial charge in [-0.3, -0.25) is 0 Å². The van der Waals surface area contributed by atoms with E-state index in [-0.39, 0.29) is 0 Å². The summed E-state index contributed by atoms with van der Waals surface area (Å²) in [4.78, 5) is 0. The Morgan fingerprint density at radius 1 is 0.519 bits per heavy atom. The standard InChI is InChI=1S/C19H18F6.C2H6/c1-11-5-7-15(9-13(11)3)17(18(20,21)22,19(23,24)25)16-8-6-12(2)14(4)10-16;1-2/h5-10H,1-4H3;1-2H3. The van der Waals surface area contributed by atoms with Crippen LogP contribution in [-0.4, -0.2) is 12.4 Å². The van der Waals surface area contributed by atoms with Crippen molar-refractivity contribution in [1.29, 1.82) is 0 Å². The van der Waals surface area contributed by atoms with E-state index in [1.807, 2.05) is 13.8 Å². The highest BCUT2D eigenvalue weighted by molar-refractivity contribution is 5.48. The fourth-order valence-electron chi connectivity index (χ4n) is 2.93. The first-order chi connectivity index (χ1) is 12.3. The molecular formula is C21H24F6. The molecule has 0 fully saturated rings. The Hall–Kier alpha value is -1.98. The molecule has 0 aliphatic heterocycles. The summed E-state index contributed by atoms with van der Waals surface area (Å²) in [5, 5.41) is 0. The summed E-state index contributed by atoms with van der Waals surface area (Å²) in [5.74, 6) is 0. The largest absolute Gasteiger partial charge is 0.411 e. The second kappa shape index (κ2) is 7.95. The van der Waals surface area contributed by atoms with Crippen molar-refractivity contribution in [2.45, 2.75) is 59.3 Å². The molecule has 0 saturated carbocycles. The summed E-state index contributed by atoms with van der Waals surface area (Å²) >= 11 is 0. The fraction of sp³-hybridized carbons (Fsp3) is 0.429. The lowest BCUT2D eigenvalue weighted by atomic mass is 9.71. The van der Waals surface area contributed by atoms with E-state index in [0.717, 1.165) is 24.3 Å². The molecule has 0 saturated heterocycles. The van der Waals surface area contributed by atoms with Gasteiger partial charge in [0.05, 0.1) is 0 Å². The minimum absolute atomic E-state index is 0.374. The monoisotopic (exact) mass is 390 g/mol. The van der Waals surface area contributed by atoms with E-state index >= 15 is 0 Å². The first-order valence-corrected chi connectivity index (χ1v) is 8.61. The zero-order chi connectivity index (χ0) is 21.2. The van der Waals surface area contributed by atoms with Crippen LogP contribution in [0.15, 0.2) is 36.4 Å². The minimum atomic E-state index is -5.55. The molecule has 0 aliphatic carbocycles. The van der Waals surface area contributed by atoms with Crippen molar-refractivity contribution < 1.29 is 26.3 Å². The van der Waals surface area contributed by atoms with Gasteiger partial charge in [-0.15, -0.1) is 0 Å². The second-order valence-corrected chi connectivity index (χ2v) is 6.34. The van der Waals surface area contributed by atoms with Crippen LogP contribution in [0, 0.1) is 27.7 Å². The zero-order valence-corrected chi connectivity index (χ0v) is 16.2. The first-order valence-electron chi connectivity index (χ1n) is 8.61. The van der Waals surface area contributed by atoms with Crippen molar-refractivity contribution in [2.75, 3.05) is 0 Å². The maximum atomic E-state index is 14.0. The number of halogens is 6. The van der Waals surface area contributed by atoms with Crippen molar-refractivity contribution >= 4 is 0 Å². The van der Waals surface area contributed by atoms with E-state index in [1.54, 1.807) is 13.8 Å². The number of rotatable bonds is 2. The molecule has 27 heavy (non-hydrogen) atoms. The van der Waals surface area contributed by atoms with Gasteiger partial charge in [-0.05, 0) is 61.1 Å². The highest BCUT2D eigenvalue weighted by Gasteiger charge is 2.72. The highest BCUT2D eigenvalue weighted by Crippen LogP contribution is 2.56. The summed E-state index contributed by atoms with van der Waals surface area (Å²) in [5.41, 5.74) is -3.71. The molecule has 0 aromatic heterocycles. The van der Waals surface area contributed by atoms with Crippen molar-refractivity contribution in [3.05, 3.63) is 69.8 Å². The van der Waals surface area contributed by atoms with Crippen LogP contribution in [0.1, 0.15) is 47.2 Å². The Kier molecular flexibility index (Phi) is 6.79. The molecular weight excluding hydrogens is 366 g/mol. The number of hydrogen-bond donors (Lipinski definition) is 0. The molecule has 0 amide bonds. The van der Waals surface area contributed by atoms with Crippen molar-refractivity contribution in [1.82, 2.24) is 0 Å². The molecule has 2 aromatic carbocycles. The van der Waals surface area contributed by atoms with Gasteiger partial charge < -0.3 is 0 Å². The molecule has 0 unspecified atom stereocenters. The topological polar surface area (TPSA) is 0 Å². The molecule has 2 rings (SSSR count). The van der Waals surface area contributed by atoms with E-state index in [4.69, 9.17) is 0 Å². The third-order valence-electron chi connectivity index (χ3n) is 4.73. The lowest BCUT2D eigenvalue weighted by Crippen LogP contribution is -2.54. The lowest BCUT2D eigenvalue weighted by molar-refractivity contribution is -0.288. The zero-order valence-electron chi connectivity index (χ0n) is 16.2. The lowest BCUT2D eigenvalue weighted by Gasteiger charge is -2.38. The van der Waals surface area contributed by atoms with Crippen LogP contribution >= 0.6 is 0 Å². The Bertz CT molecular complexity index is 717. The third-order valence-corrected chi connectivity index (χ3v) is 4.73. The molecule has 0 N–H and O–H groups in total. The van der Waals surface area contributed by atoms with Gasteiger partial charge in [0, 0.05) is 0 Å². The van der Waals surface area contributed by atoms with Crippen LogP contribution in [0.5, 0.6) is 0 Å². The average Bonchev–Trinajstić information content (AvgIpc) is 2.54. The number of alkyl halides is 6. The van der Waals surface area contributed by atoms with Gasteiger partial charge in [0.1, 0.15) is 0 Å². The second-order valence-electron chi connectivity index (χ2n) is 6.34. The number of hydrogen-bond acceptors (Lipinski definition) is 0. The highest BCUT2D eigenvalue weighted by atomic mass is 19.4. The van der Waals surface area contributed by atoms with E-state index < -0.39 is 28.9 Å². The van der Waals surface area contributed by atoms with Crippen LogP contribution in [0.2, 0.25) is 0 Å². The molecule has 0 bridgehead atoms. The van der Waals surface area contributed by atoms with Gasteiger partial charge in [-0.1, -0.05) is 50.2 Å². The van der Waals surface area contributed by atoms with Crippen LogP contribution in [0.4, 0.5) is 26.3 Å². The first kappa shape index (κ1) is 23.1. The molecule has 6 heteroatoms. The summed E-state index contributed by atoms with van der Waals surface area (Å²) in [7, 11) is 0. The molecule has 0 aliphatic rings. The van der Waals surface area contributed by atoms with Crippen molar-refractivity contribution in [2.24, 2.45) is 0 Å². The predicted molar refractivity (Wildman–Crippen MR) is 96.1 cm³/mol. The molecule has 0 heterocycles. The summed E-state index contributed by atoms with van der Waals surface area (Å²) in [6, 6.07) is 6.36. The van der Waals surface area contributed by atoms with E-state index in [2.05, 4.69) is 0 Å². The molecule has 0 radical (unpaired) electrons. The van der Waals surface area contributed by atoms with Gasteiger partial charge in [-0.2, -0.15) is 26.3 Å². The molecule has 150 valence electrons. The van der Waals surface area contributed by atoms with Crippen molar-refractivity contribution in [3.8, 4) is 0 Å². The van der Waals surface area contributed by atoms with Crippen LogP contribution in [0.25, 0.3) is 0 Å². The third kappa shape index (κ3) is 3.99. The molecule has 0 atom stereocenters. The van der Waals surface area contributed by atoms with Crippen LogP contribution < -0.4 is 0 Å². The van der Waals surface area contributed by atoms with Gasteiger partial charge in [0.15, 0.2) is 0 Å². The Morgan fingerprint density at radius 2 is 0.815 bits per heavy atom. The Balaban J connectivity index is 0.00000176. The van der Waals surface area contributed by atoms with E-state index in [9.17, 15) is 26.3 Å². The van der Waals surface area contributed by atoms with E-state index in [0.29, 0.717) is 22.3 Å². The molecule has 2 aromatic rings. The van der Waals surface area contributed by atoms with Crippen molar-refractivity contribution in [3.63, 3.8) is 0 Å². The molecule has 0 nitrogen and oxygen atoms in total. The smallest absolute Gasteiger partial charge is 0.169 e. The van der Waals surface area contributed by atoms with E-state index in [1.165, 1.54) is 26.0 Å². The minimum Gasteiger partial charge on any atom is -0.169 e. The van der Waals surface area contributed by atoms with Crippen LogP contribution in [-0.2, 0) is 5.41 Å². The number of benzene rings is 2. The summed E-state index contributed by atoms with van der Waals surface area (Å²) in [6.07, 6.45) is -11.1. The van der Waals surface area contributed by atoms with Gasteiger partial charge in [0.25, 0.3) is 0 Å². The molecule has 0 spiro atoms. The normalized spacial score (nSPS) is 12.4. The quantitative estimate of drug-likeness (QED) is 0.470. The predicted octanol–water partition coefficient (Wildman–Crippen LogP) is 7.36. The Labute approximate surface area is 156 Å². The fourth-order valence-corrected chi connectivity index (χ4v) is 2.93.